The van der Waals surface area contributed by atoms with Gasteiger partial charge in [-0.25, -0.2) is 5.01 Å². The zero-order valence-electron chi connectivity index (χ0n) is 8.16. The number of amides is 2. The first-order valence-electron chi connectivity index (χ1n) is 4.54. The van der Waals surface area contributed by atoms with Gasteiger partial charge < -0.3 is 10.5 Å². The largest absolute Gasteiger partial charge is 0.379 e. The first-order valence-corrected chi connectivity index (χ1v) is 4.54. The molecule has 0 aliphatic carbocycles. The molecule has 1 saturated heterocycles. The lowest BCUT2D eigenvalue weighted by Gasteiger charge is -2.27. The SMILES string of the molecule is CC(C(N)=O)C(=O)NN1CCOCC1. The minimum Gasteiger partial charge on any atom is -0.379 e. The molecular formula is C8H15N3O3. The lowest BCUT2D eigenvalue weighted by Crippen LogP contribution is -2.51. The highest BCUT2D eigenvalue weighted by molar-refractivity contribution is 5.98. The van der Waals surface area contributed by atoms with Gasteiger partial charge in [-0.05, 0) is 6.92 Å². The van der Waals surface area contributed by atoms with E-state index in [-0.39, 0.29) is 5.91 Å². The number of primary amides is 1. The van der Waals surface area contributed by atoms with Crippen LogP contribution in [0.3, 0.4) is 0 Å². The Labute approximate surface area is 82.3 Å². The standard InChI is InChI=1S/C8H15N3O3/c1-6(7(9)12)8(13)10-11-2-4-14-5-3-11/h6H,2-5H2,1H3,(H2,9,12)(H,10,13). The predicted molar refractivity (Wildman–Crippen MR) is 48.9 cm³/mol. The summed E-state index contributed by atoms with van der Waals surface area (Å²) in [6, 6.07) is 0. The maximum absolute atomic E-state index is 11.4. The molecule has 6 heteroatoms. The monoisotopic (exact) mass is 201 g/mol. The normalized spacial score (nSPS) is 20.1. The topological polar surface area (TPSA) is 84.7 Å². The Kier molecular flexibility index (Phi) is 3.84. The molecule has 0 spiro atoms. The summed E-state index contributed by atoms with van der Waals surface area (Å²) in [5.41, 5.74) is 7.61. The number of hydrazine groups is 1. The number of carbonyl (C=O) groups is 2. The highest BCUT2D eigenvalue weighted by Crippen LogP contribution is 1.97. The van der Waals surface area contributed by atoms with E-state index >= 15 is 0 Å². The number of carbonyl (C=O) groups excluding carboxylic acids is 2. The van der Waals surface area contributed by atoms with Gasteiger partial charge in [0.15, 0.2) is 0 Å². The van der Waals surface area contributed by atoms with Crippen molar-refractivity contribution in [1.82, 2.24) is 10.4 Å². The minimum atomic E-state index is -0.794. The molecule has 1 atom stereocenters. The Morgan fingerprint density at radius 2 is 2.00 bits per heavy atom. The Morgan fingerprint density at radius 3 is 2.50 bits per heavy atom. The van der Waals surface area contributed by atoms with Crippen LogP contribution in [-0.2, 0) is 14.3 Å². The third kappa shape index (κ3) is 2.97. The zero-order valence-corrected chi connectivity index (χ0v) is 8.16. The predicted octanol–water partition coefficient (Wildman–Crippen LogP) is -1.53. The maximum atomic E-state index is 11.4. The lowest BCUT2D eigenvalue weighted by molar-refractivity contribution is -0.137. The fourth-order valence-corrected chi connectivity index (χ4v) is 1.06. The Hall–Kier alpha value is -1.14. The van der Waals surface area contributed by atoms with Crippen molar-refractivity contribution >= 4 is 11.8 Å². The molecule has 0 aromatic heterocycles. The zero-order chi connectivity index (χ0) is 10.6. The molecule has 1 heterocycles. The van der Waals surface area contributed by atoms with E-state index in [1.807, 2.05) is 0 Å². The number of nitrogens with one attached hydrogen (secondary N) is 1. The van der Waals surface area contributed by atoms with Gasteiger partial charge in [0.2, 0.25) is 11.8 Å². The third-order valence-corrected chi connectivity index (χ3v) is 2.10. The quantitative estimate of drug-likeness (QED) is 0.543. The Morgan fingerprint density at radius 1 is 1.43 bits per heavy atom. The van der Waals surface area contributed by atoms with E-state index in [4.69, 9.17) is 10.5 Å². The summed E-state index contributed by atoms with van der Waals surface area (Å²) in [6.07, 6.45) is 0. The number of nitrogens with zero attached hydrogens (tertiary/aromatic N) is 1. The van der Waals surface area contributed by atoms with Crippen LogP contribution in [0.2, 0.25) is 0 Å². The van der Waals surface area contributed by atoms with Gasteiger partial charge in [-0.1, -0.05) is 0 Å². The van der Waals surface area contributed by atoms with Crippen molar-refractivity contribution in [2.75, 3.05) is 26.3 Å². The maximum Gasteiger partial charge on any atom is 0.246 e. The van der Waals surface area contributed by atoms with Crippen LogP contribution in [0.1, 0.15) is 6.92 Å². The molecule has 6 nitrogen and oxygen atoms in total. The Bertz CT molecular complexity index is 226. The van der Waals surface area contributed by atoms with Crippen molar-refractivity contribution in [2.45, 2.75) is 6.92 Å². The van der Waals surface area contributed by atoms with Crippen LogP contribution in [0.15, 0.2) is 0 Å². The molecule has 0 bridgehead atoms. The average Bonchev–Trinajstić information content (AvgIpc) is 2.18. The van der Waals surface area contributed by atoms with Crippen molar-refractivity contribution < 1.29 is 14.3 Å². The lowest BCUT2D eigenvalue weighted by atomic mass is 10.1. The molecule has 1 unspecified atom stereocenters. The Balaban J connectivity index is 2.35. The van der Waals surface area contributed by atoms with E-state index in [0.29, 0.717) is 26.3 Å². The molecule has 1 aliphatic heterocycles. The van der Waals surface area contributed by atoms with Crippen molar-refractivity contribution in [2.24, 2.45) is 11.7 Å². The molecule has 1 aliphatic rings. The van der Waals surface area contributed by atoms with Crippen molar-refractivity contribution in [1.29, 1.82) is 0 Å². The highest BCUT2D eigenvalue weighted by Gasteiger charge is 2.21. The fourth-order valence-electron chi connectivity index (χ4n) is 1.06. The van der Waals surface area contributed by atoms with Crippen LogP contribution in [-0.4, -0.2) is 43.1 Å². The number of ether oxygens (including phenoxy) is 1. The molecule has 14 heavy (non-hydrogen) atoms. The molecule has 0 radical (unpaired) electrons. The highest BCUT2D eigenvalue weighted by atomic mass is 16.5. The van der Waals surface area contributed by atoms with Crippen LogP contribution < -0.4 is 11.2 Å². The third-order valence-electron chi connectivity index (χ3n) is 2.10. The average molecular weight is 201 g/mol. The van der Waals surface area contributed by atoms with Crippen molar-refractivity contribution in [3.05, 3.63) is 0 Å². The van der Waals surface area contributed by atoms with Gasteiger partial charge in [0.05, 0.1) is 13.2 Å². The molecular weight excluding hydrogens is 186 g/mol. The van der Waals surface area contributed by atoms with E-state index in [0.717, 1.165) is 0 Å². The number of morpholine rings is 1. The van der Waals surface area contributed by atoms with E-state index in [1.165, 1.54) is 6.92 Å². The van der Waals surface area contributed by atoms with E-state index < -0.39 is 11.8 Å². The molecule has 0 saturated carbocycles. The smallest absolute Gasteiger partial charge is 0.246 e. The molecule has 1 fully saturated rings. The van der Waals surface area contributed by atoms with Gasteiger partial charge in [-0.15, -0.1) is 0 Å². The van der Waals surface area contributed by atoms with E-state index in [9.17, 15) is 9.59 Å². The summed E-state index contributed by atoms with van der Waals surface area (Å²) in [5.74, 6) is -1.77. The van der Waals surface area contributed by atoms with Gasteiger partial charge in [-0.2, -0.15) is 0 Å². The molecule has 0 aromatic rings. The van der Waals surface area contributed by atoms with Crippen LogP contribution in [0.5, 0.6) is 0 Å². The molecule has 2 amide bonds. The van der Waals surface area contributed by atoms with Gasteiger partial charge in [0, 0.05) is 13.1 Å². The molecule has 0 aromatic carbocycles. The first-order chi connectivity index (χ1) is 6.61. The first kappa shape index (κ1) is 10.9. The number of nitrogens with two attached hydrogens (primary N) is 1. The second kappa shape index (κ2) is 4.92. The second-order valence-corrected chi connectivity index (χ2v) is 3.20. The van der Waals surface area contributed by atoms with E-state index in [2.05, 4.69) is 5.43 Å². The van der Waals surface area contributed by atoms with Crippen LogP contribution in [0.4, 0.5) is 0 Å². The summed E-state index contributed by atoms with van der Waals surface area (Å²) in [6.45, 7) is 3.93. The van der Waals surface area contributed by atoms with Crippen molar-refractivity contribution in [3.63, 3.8) is 0 Å². The van der Waals surface area contributed by atoms with Crippen molar-refractivity contribution in [3.8, 4) is 0 Å². The van der Waals surface area contributed by atoms with Crippen LogP contribution in [0.25, 0.3) is 0 Å². The summed E-state index contributed by atoms with van der Waals surface area (Å²) < 4.78 is 5.10. The summed E-state index contributed by atoms with van der Waals surface area (Å²) in [4.78, 5) is 22.1. The summed E-state index contributed by atoms with van der Waals surface area (Å²) in [5, 5.41) is 1.73. The molecule has 1 rings (SSSR count). The second-order valence-electron chi connectivity index (χ2n) is 3.20. The van der Waals surface area contributed by atoms with Crippen LogP contribution >= 0.6 is 0 Å². The number of hydrogen-bond acceptors (Lipinski definition) is 4. The van der Waals surface area contributed by atoms with Crippen LogP contribution in [0, 0.1) is 5.92 Å². The van der Waals surface area contributed by atoms with E-state index in [1.54, 1.807) is 5.01 Å². The molecule has 3 N–H and O–H groups in total. The van der Waals surface area contributed by atoms with Gasteiger partial charge in [-0.3, -0.25) is 15.0 Å². The van der Waals surface area contributed by atoms with Gasteiger partial charge >= 0.3 is 0 Å². The minimum absolute atomic E-state index is 0.362. The van der Waals surface area contributed by atoms with Gasteiger partial charge in [0.25, 0.3) is 0 Å². The summed E-state index contributed by atoms with van der Waals surface area (Å²) in [7, 11) is 0. The number of rotatable bonds is 3. The fraction of sp³-hybridized carbons (Fsp3) is 0.750. The summed E-state index contributed by atoms with van der Waals surface area (Å²) >= 11 is 0. The molecule has 80 valence electrons. The van der Waals surface area contributed by atoms with Gasteiger partial charge in [0.1, 0.15) is 5.92 Å². The number of hydrogen-bond donors (Lipinski definition) is 2.